The number of nitrogens with zero attached hydrogens (tertiary/aromatic N) is 3. The number of halogens is 5. The van der Waals surface area contributed by atoms with Gasteiger partial charge in [-0.2, -0.15) is 13.9 Å². The first-order valence-electron chi connectivity index (χ1n) is 12.2. The van der Waals surface area contributed by atoms with Crippen LogP contribution in [0, 0.1) is 11.7 Å². The van der Waals surface area contributed by atoms with E-state index in [2.05, 4.69) is 20.1 Å². The van der Waals surface area contributed by atoms with Crippen molar-refractivity contribution in [3.63, 3.8) is 0 Å². The Morgan fingerprint density at radius 1 is 1.24 bits per heavy atom. The maximum Gasteiger partial charge on any atom is 0.387 e. The zero-order chi connectivity index (χ0) is 27.1. The molecule has 0 aliphatic heterocycles. The number of hydrogen-bond donors (Lipinski definition) is 2. The van der Waals surface area contributed by atoms with Gasteiger partial charge in [0, 0.05) is 36.3 Å². The van der Waals surface area contributed by atoms with E-state index in [1.54, 1.807) is 12.1 Å². The van der Waals surface area contributed by atoms with Crippen LogP contribution in [0.3, 0.4) is 0 Å². The molecule has 202 valence electrons. The van der Waals surface area contributed by atoms with Gasteiger partial charge in [0.05, 0.1) is 29.7 Å². The summed E-state index contributed by atoms with van der Waals surface area (Å²) in [7, 11) is 0. The Hall–Kier alpha value is -3.54. The fourth-order valence-electron chi connectivity index (χ4n) is 5.31. The van der Waals surface area contributed by atoms with E-state index in [-0.39, 0.29) is 24.4 Å². The molecular weight excluding hydrogens is 511 g/mol. The fraction of sp³-hybridized carbons (Fsp3) is 0.423. The van der Waals surface area contributed by atoms with Crippen molar-refractivity contribution in [2.75, 3.05) is 6.61 Å². The second-order valence-electron chi connectivity index (χ2n) is 9.83. The average molecular weight is 537 g/mol. The van der Waals surface area contributed by atoms with E-state index in [9.17, 15) is 31.9 Å². The minimum atomic E-state index is -3.00. The minimum Gasteiger partial charge on any atom is -0.435 e. The first-order chi connectivity index (χ1) is 18.1. The number of alkyl halides is 4. The number of aliphatic hydroxyl groups excluding tert-OH is 1. The maximum absolute atomic E-state index is 13.9. The normalized spacial score (nSPS) is 22.3. The summed E-state index contributed by atoms with van der Waals surface area (Å²) in [4.78, 5) is 17.3. The van der Waals surface area contributed by atoms with Crippen LogP contribution in [0.5, 0.6) is 5.75 Å². The standard InChI is InChI=1S/C26H25F5N4O3/c27-17-5-7-21(32-12-17)35-20-11-16(23(37)33-25(14-36)8-9-26(30,31)13-25)4-6-19(20)22(34-35)15-2-1-3-18(10-15)38-24(28)29/h1-3,5,7,10,12,16,24,36H,4,6,8-9,11,13-14H2,(H,33,37)/t16?,25-/m1/s1. The van der Waals surface area contributed by atoms with Crippen molar-refractivity contribution in [3.8, 4) is 22.8 Å². The second kappa shape index (κ2) is 9.97. The summed E-state index contributed by atoms with van der Waals surface area (Å²) >= 11 is 0. The van der Waals surface area contributed by atoms with Gasteiger partial charge in [-0.15, -0.1) is 0 Å². The van der Waals surface area contributed by atoms with Crippen molar-refractivity contribution in [2.45, 2.75) is 56.6 Å². The van der Waals surface area contributed by atoms with Crippen LogP contribution in [0.2, 0.25) is 0 Å². The third-order valence-corrected chi connectivity index (χ3v) is 7.16. The third-order valence-electron chi connectivity index (χ3n) is 7.16. The lowest BCUT2D eigenvalue weighted by atomic mass is 9.84. The van der Waals surface area contributed by atoms with Gasteiger partial charge in [-0.05, 0) is 43.5 Å². The number of carbonyl (C=O) groups is 1. The number of hydrogen-bond acceptors (Lipinski definition) is 5. The predicted octanol–water partition coefficient (Wildman–Crippen LogP) is 4.45. The molecule has 38 heavy (non-hydrogen) atoms. The van der Waals surface area contributed by atoms with Crippen molar-refractivity contribution in [1.29, 1.82) is 0 Å². The zero-order valence-electron chi connectivity index (χ0n) is 20.1. The van der Waals surface area contributed by atoms with Gasteiger partial charge in [0.2, 0.25) is 5.91 Å². The molecule has 1 aromatic carbocycles. The molecule has 0 radical (unpaired) electrons. The Morgan fingerprint density at radius 2 is 2.05 bits per heavy atom. The van der Waals surface area contributed by atoms with Crippen molar-refractivity contribution in [3.05, 3.63) is 59.7 Å². The molecule has 12 heteroatoms. The van der Waals surface area contributed by atoms with Crippen molar-refractivity contribution in [1.82, 2.24) is 20.1 Å². The Bertz CT molecular complexity index is 1330. The Balaban J connectivity index is 1.48. The molecular formula is C26H25F5N4O3. The molecule has 7 nitrogen and oxygen atoms in total. The monoisotopic (exact) mass is 536 g/mol. The molecule has 5 rings (SSSR count). The quantitative estimate of drug-likeness (QED) is 0.436. The highest BCUT2D eigenvalue weighted by molar-refractivity contribution is 5.80. The first kappa shape index (κ1) is 26.1. The molecule has 2 aromatic heterocycles. The fourth-order valence-corrected chi connectivity index (χ4v) is 5.31. The van der Waals surface area contributed by atoms with Crippen LogP contribution in [0.25, 0.3) is 17.1 Å². The molecule has 0 bridgehead atoms. The molecule has 2 aliphatic rings. The molecule has 2 aliphatic carbocycles. The molecule has 0 saturated heterocycles. The summed E-state index contributed by atoms with van der Waals surface area (Å²) in [5, 5.41) is 17.1. The lowest BCUT2D eigenvalue weighted by Crippen LogP contribution is -2.52. The smallest absolute Gasteiger partial charge is 0.387 e. The average Bonchev–Trinajstić information content (AvgIpc) is 3.41. The Labute approximate surface area is 214 Å². The van der Waals surface area contributed by atoms with Gasteiger partial charge in [-0.1, -0.05) is 12.1 Å². The van der Waals surface area contributed by atoms with E-state index < -0.39 is 55.2 Å². The highest BCUT2D eigenvalue weighted by atomic mass is 19.3. The van der Waals surface area contributed by atoms with Crippen LogP contribution in [0.15, 0.2) is 42.6 Å². The van der Waals surface area contributed by atoms with Crippen molar-refractivity contribution in [2.24, 2.45) is 5.92 Å². The molecule has 1 saturated carbocycles. The largest absolute Gasteiger partial charge is 0.435 e. The number of benzene rings is 1. The molecule has 3 aromatic rings. The number of pyridine rings is 1. The number of aromatic nitrogens is 3. The zero-order valence-corrected chi connectivity index (χ0v) is 20.1. The molecule has 2 atom stereocenters. The first-order valence-corrected chi connectivity index (χ1v) is 12.2. The number of carbonyl (C=O) groups excluding carboxylic acids is 1. The van der Waals surface area contributed by atoms with Crippen LogP contribution in [0.1, 0.15) is 36.9 Å². The SMILES string of the molecule is O=C(N[C@]1(CO)CCC(F)(F)C1)C1CCc2c(-c3cccc(OC(F)F)c3)nn(-c3ccc(F)cn3)c2C1. The topological polar surface area (TPSA) is 89.3 Å². The summed E-state index contributed by atoms with van der Waals surface area (Å²) < 4.78 is 72.9. The van der Waals surface area contributed by atoms with Gasteiger partial charge < -0.3 is 15.2 Å². The van der Waals surface area contributed by atoms with E-state index in [0.29, 0.717) is 29.8 Å². The van der Waals surface area contributed by atoms with Crippen LogP contribution >= 0.6 is 0 Å². The summed E-state index contributed by atoms with van der Waals surface area (Å²) in [6, 6.07) is 8.71. The number of rotatable bonds is 7. The molecule has 1 amide bonds. The summed E-state index contributed by atoms with van der Waals surface area (Å²) in [6.45, 7) is -3.59. The predicted molar refractivity (Wildman–Crippen MR) is 126 cm³/mol. The minimum absolute atomic E-state index is 0.0289. The Morgan fingerprint density at radius 3 is 2.71 bits per heavy atom. The molecule has 0 spiro atoms. The van der Waals surface area contributed by atoms with Crippen LogP contribution in [-0.4, -0.2) is 50.5 Å². The van der Waals surface area contributed by atoms with E-state index in [0.717, 1.165) is 11.8 Å². The highest BCUT2D eigenvalue weighted by Gasteiger charge is 2.50. The highest BCUT2D eigenvalue weighted by Crippen LogP contribution is 2.42. The lowest BCUT2D eigenvalue weighted by Gasteiger charge is -2.31. The van der Waals surface area contributed by atoms with Crippen molar-refractivity contribution < 1.29 is 36.6 Å². The van der Waals surface area contributed by atoms with Gasteiger partial charge in [0.25, 0.3) is 5.92 Å². The molecule has 1 fully saturated rings. The van der Waals surface area contributed by atoms with Gasteiger partial charge >= 0.3 is 6.61 Å². The van der Waals surface area contributed by atoms with Gasteiger partial charge in [0.15, 0.2) is 5.82 Å². The van der Waals surface area contributed by atoms with Gasteiger partial charge in [-0.3, -0.25) is 4.79 Å². The van der Waals surface area contributed by atoms with Gasteiger partial charge in [-0.25, -0.2) is 22.8 Å². The second-order valence-corrected chi connectivity index (χ2v) is 9.83. The van der Waals surface area contributed by atoms with E-state index in [1.165, 1.54) is 28.9 Å². The van der Waals surface area contributed by atoms with E-state index >= 15 is 0 Å². The number of fused-ring (bicyclic) bond motifs is 1. The third kappa shape index (κ3) is 5.22. The van der Waals surface area contributed by atoms with Crippen LogP contribution in [-0.2, 0) is 17.6 Å². The Kier molecular flexibility index (Phi) is 6.84. The van der Waals surface area contributed by atoms with Crippen molar-refractivity contribution >= 4 is 5.91 Å². The van der Waals surface area contributed by atoms with E-state index in [1.807, 2.05) is 0 Å². The number of amides is 1. The molecule has 2 N–H and O–H groups in total. The number of nitrogens with one attached hydrogen (secondary N) is 1. The lowest BCUT2D eigenvalue weighted by molar-refractivity contribution is -0.128. The summed E-state index contributed by atoms with van der Waals surface area (Å²) in [5.74, 6) is -4.31. The maximum atomic E-state index is 13.9. The van der Waals surface area contributed by atoms with E-state index in [4.69, 9.17) is 0 Å². The number of ether oxygens (including phenoxy) is 1. The summed E-state index contributed by atoms with van der Waals surface area (Å²) in [5.41, 5.74) is 0.984. The molecule has 1 unspecified atom stereocenters. The summed E-state index contributed by atoms with van der Waals surface area (Å²) in [6.07, 6.45) is 0.892. The number of aliphatic hydroxyl groups is 1. The van der Waals surface area contributed by atoms with Crippen LogP contribution in [0.4, 0.5) is 22.0 Å². The van der Waals surface area contributed by atoms with Crippen LogP contribution < -0.4 is 10.1 Å². The molecule has 2 heterocycles. The van der Waals surface area contributed by atoms with Gasteiger partial charge in [0.1, 0.15) is 11.6 Å².